The topological polar surface area (TPSA) is 127 Å². The van der Waals surface area contributed by atoms with Crippen molar-refractivity contribution in [3.63, 3.8) is 0 Å². The Hall–Kier alpha value is -3.61. The molecule has 0 spiro atoms. The molecule has 0 aliphatic heterocycles. The van der Waals surface area contributed by atoms with Crippen LogP contribution in [0.5, 0.6) is 0 Å². The molecule has 0 amide bonds. The minimum atomic E-state index is -4.71. The molecule has 0 saturated heterocycles. The number of nitrogen functional groups attached to an aromatic ring is 1. The molecule has 3 aromatic rings. The lowest BCUT2D eigenvalue weighted by Crippen LogP contribution is -2.14. The molecule has 6 N–H and O–H groups in total. The van der Waals surface area contributed by atoms with Crippen molar-refractivity contribution in [3.8, 4) is 11.1 Å². The number of nitrogens with zero attached hydrogens (tertiary/aromatic N) is 2. The summed E-state index contributed by atoms with van der Waals surface area (Å²) in [6.07, 6.45) is -0.401. The first-order valence-electron chi connectivity index (χ1n) is 9.51. The molecule has 1 atom stereocenters. The monoisotopic (exact) mass is 541 g/mol. The molecule has 7 nitrogen and oxygen atoms in total. The summed E-state index contributed by atoms with van der Waals surface area (Å²) in [6, 6.07) is 2.99. The fourth-order valence-corrected chi connectivity index (χ4v) is 3.97. The van der Waals surface area contributed by atoms with Gasteiger partial charge in [0.1, 0.15) is 17.5 Å². The molecule has 1 unspecified atom stereocenters. The number of H-pyrrole nitrogens is 1. The summed E-state index contributed by atoms with van der Waals surface area (Å²) in [4.78, 5) is 9.65. The minimum absolute atomic E-state index is 0.00878. The molecule has 2 aromatic heterocycles. The number of aromatic nitrogens is 3. The van der Waals surface area contributed by atoms with Gasteiger partial charge in [-0.1, -0.05) is 6.92 Å². The molecule has 34 heavy (non-hydrogen) atoms. The van der Waals surface area contributed by atoms with Crippen LogP contribution < -0.4 is 11.1 Å². The van der Waals surface area contributed by atoms with Crippen molar-refractivity contribution < 1.29 is 22.0 Å². The third kappa shape index (κ3) is 5.14. The maximum Gasteiger partial charge on any atom is 0.451 e. The molecule has 0 bridgehead atoms. The highest BCUT2D eigenvalue weighted by molar-refractivity contribution is 9.10. The van der Waals surface area contributed by atoms with Crippen molar-refractivity contribution in [2.45, 2.75) is 19.0 Å². The van der Waals surface area contributed by atoms with Crippen LogP contribution in [0.3, 0.4) is 0 Å². The van der Waals surface area contributed by atoms with Gasteiger partial charge < -0.3 is 21.4 Å². The highest BCUT2D eigenvalue weighted by Gasteiger charge is 2.34. The molecule has 178 valence electrons. The van der Waals surface area contributed by atoms with E-state index in [1.807, 2.05) is 0 Å². The second-order valence-corrected chi connectivity index (χ2v) is 7.88. The second kappa shape index (κ2) is 9.71. The number of rotatable bonds is 7. The molecule has 0 aliphatic carbocycles. The average Bonchev–Trinajstić information content (AvgIpc) is 3.12. The first-order chi connectivity index (χ1) is 15.9. The smallest absolute Gasteiger partial charge is 0.382 e. The number of anilines is 1. The van der Waals surface area contributed by atoms with Gasteiger partial charge in [-0.2, -0.15) is 13.2 Å². The fraction of sp³-hybridized carbons (Fsp3) is 0.143. The molecule has 0 saturated carbocycles. The zero-order valence-corrected chi connectivity index (χ0v) is 18.9. The van der Waals surface area contributed by atoms with Crippen LogP contribution in [-0.4, -0.2) is 27.0 Å². The largest absolute Gasteiger partial charge is 0.451 e. The summed E-state index contributed by atoms with van der Waals surface area (Å²) in [5.41, 5.74) is 7.01. The van der Waals surface area contributed by atoms with Crippen molar-refractivity contribution in [1.29, 1.82) is 10.8 Å². The van der Waals surface area contributed by atoms with Crippen LogP contribution in [0.25, 0.3) is 11.1 Å². The van der Waals surface area contributed by atoms with E-state index in [1.165, 1.54) is 12.3 Å². The van der Waals surface area contributed by atoms with Crippen molar-refractivity contribution in [2.75, 3.05) is 5.32 Å². The Balaban J connectivity index is 2.00. The Bertz CT molecular complexity index is 1270. The number of hydrogen-bond donors (Lipinski definition) is 5. The Morgan fingerprint density at radius 1 is 1.24 bits per heavy atom. The predicted molar refractivity (Wildman–Crippen MR) is 121 cm³/mol. The third-order valence-corrected chi connectivity index (χ3v) is 5.68. The van der Waals surface area contributed by atoms with Crippen molar-refractivity contribution >= 4 is 33.7 Å². The quantitative estimate of drug-likeness (QED) is 0.152. The van der Waals surface area contributed by atoms with Gasteiger partial charge in [0, 0.05) is 58.1 Å². The van der Waals surface area contributed by atoms with Crippen LogP contribution >= 0.6 is 15.9 Å². The molecule has 0 radical (unpaired) electrons. The molecular formula is C21H17BrF5N7. The van der Waals surface area contributed by atoms with E-state index in [4.69, 9.17) is 16.6 Å². The van der Waals surface area contributed by atoms with E-state index in [-0.39, 0.29) is 28.3 Å². The SMILES string of the molecule is CC(/C(C=N)=C/Nc1ccc(F)cc1F)c1[nH]c(C(=N)N)c(-c2cnc(C(F)(F)F)nc2)c1Br. The van der Waals surface area contributed by atoms with Gasteiger partial charge in [0.25, 0.3) is 0 Å². The van der Waals surface area contributed by atoms with E-state index >= 15 is 0 Å². The molecule has 1 aromatic carbocycles. The number of alkyl halides is 3. The van der Waals surface area contributed by atoms with Crippen LogP contribution in [0.2, 0.25) is 0 Å². The Labute approximate surface area is 198 Å². The van der Waals surface area contributed by atoms with Crippen molar-refractivity contribution in [3.05, 3.63) is 75.7 Å². The summed E-state index contributed by atoms with van der Waals surface area (Å²) in [5, 5.41) is 18.3. The lowest BCUT2D eigenvalue weighted by atomic mass is 9.98. The molecular weight excluding hydrogens is 525 g/mol. The van der Waals surface area contributed by atoms with E-state index in [0.29, 0.717) is 21.8 Å². The fourth-order valence-electron chi connectivity index (χ4n) is 3.10. The predicted octanol–water partition coefficient (Wildman–Crippen LogP) is 5.56. The van der Waals surface area contributed by atoms with Crippen LogP contribution in [0.15, 0.2) is 46.8 Å². The van der Waals surface area contributed by atoms with E-state index in [9.17, 15) is 22.0 Å². The molecule has 3 rings (SSSR count). The van der Waals surface area contributed by atoms with Gasteiger partial charge in [-0.05, 0) is 33.6 Å². The Kier molecular flexibility index (Phi) is 7.15. The van der Waals surface area contributed by atoms with E-state index in [0.717, 1.165) is 24.7 Å². The average molecular weight is 542 g/mol. The van der Waals surface area contributed by atoms with E-state index in [2.05, 4.69) is 36.2 Å². The number of nitrogens with one attached hydrogen (secondary N) is 4. The molecule has 13 heteroatoms. The zero-order chi connectivity index (χ0) is 25.2. The number of benzene rings is 1. The van der Waals surface area contributed by atoms with E-state index in [1.54, 1.807) is 6.92 Å². The zero-order valence-electron chi connectivity index (χ0n) is 17.4. The van der Waals surface area contributed by atoms with Crippen molar-refractivity contribution in [1.82, 2.24) is 15.0 Å². The number of hydrogen-bond acceptors (Lipinski definition) is 5. The molecule has 0 fully saturated rings. The number of nitrogens with two attached hydrogens (primary N) is 1. The maximum atomic E-state index is 13.9. The van der Waals surface area contributed by atoms with Crippen LogP contribution in [0.1, 0.15) is 30.1 Å². The number of halogens is 6. The van der Waals surface area contributed by atoms with Crippen molar-refractivity contribution in [2.24, 2.45) is 5.73 Å². The summed E-state index contributed by atoms with van der Waals surface area (Å²) in [5.74, 6) is -3.81. The number of amidine groups is 1. The highest BCUT2D eigenvalue weighted by atomic mass is 79.9. The van der Waals surface area contributed by atoms with Gasteiger partial charge in [0.05, 0.1) is 11.4 Å². The molecule has 0 aliphatic rings. The maximum absolute atomic E-state index is 13.9. The van der Waals surface area contributed by atoms with Gasteiger partial charge in [-0.25, -0.2) is 18.7 Å². The van der Waals surface area contributed by atoms with Crippen LogP contribution in [-0.2, 0) is 6.18 Å². The van der Waals surface area contributed by atoms with Gasteiger partial charge >= 0.3 is 6.18 Å². The van der Waals surface area contributed by atoms with E-state index < -0.39 is 29.6 Å². The Morgan fingerprint density at radius 2 is 1.88 bits per heavy atom. The first kappa shape index (κ1) is 25.0. The van der Waals surface area contributed by atoms with Gasteiger partial charge in [-0.15, -0.1) is 0 Å². The van der Waals surface area contributed by atoms with Crippen LogP contribution in [0.4, 0.5) is 27.6 Å². The normalized spacial score (nSPS) is 13.0. The Morgan fingerprint density at radius 3 is 2.41 bits per heavy atom. The number of aromatic amines is 1. The number of allylic oxidation sites excluding steroid dienone is 1. The van der Waals surface area contributed by atoms with Gasteiger partial charge in [0.15, 0.2) is 0 Å². The summed E-state index contributed by atoms with van der Waals surface area (Å²) in [6.45, 7) is 1.70. The summed E-state index contributed by atoms with van der Waals surface area (Å²) in [7, 11) is 0. The van der Waals surface area contributed by atoms with Crippen LogP contribution in [0, 0.1) is 22.5 Å². The second-order valence-electron chi connectivity index (χ2n) is 7.09. The summed E-state index contributed by atoms with van der Waals surface area (Å²) < 4.78 is 65.8. The van der Waals surface area contributed by atoms with Gasteiger partial charge in [-0.3, -0.25) is 5.41 Å². The summed E-state index contributed by atoms with van der Waals surface area (Å²) >= 11 is 3.39. The lowest BCUT2D eigenvalue weighted by Gasteiger charge is -2.13. The molecule has 2 heterocycles. The first-order valence-corrected chi connectivity index (χ1v) is 10.3. The highest BCUT2D eigenvalue weighted by Crippen LogP contribution is 2.39. The standard InChI is InChI=1S/C21H17BrF5N7/c1-9(10(5-28)6-31-14-3-2-12(23)4-13(14)24)17-16(22)15(18(34-17)19(29)30)11-7-32-20(33-8-11)21(25,26)27/h2-9,28,31,34H,1H3,(H3,29,30)/b10-6+,28-5?. The lowest BCUT2D eigenvalue weighted by molar-refractivity contribution is -0.144. The third-order valence-electron chi connectivity index (χ3n) is 4.85. The van der Waals surface area contributed by atoms with Gasteiger partial charge in [0.2, 0.25) is 5.82 Å². The minimum Gasteiger partial charge on any atom is -0.382 e.